The van der Waals surface area contributed by atoms with Crippen LogP contribution in [0.2, 0.25) is 0 Å². The van der Waals surface area contributed by atoms with Crippen LogP contribution in [0.25, 0.3) is 0 Å². The zero-order valence-corrected chi connectivity index (χ0v) is 12.6. The molecule has 0 radical (unpaired) electrons. The Balaban J connectivity index is 1.91. The minimum Gasteiger partial charge on any atom is -0.340 e. The molecule has 21 heavy (non-hydrogen) atoms. The standard InChI is InChI=1S/C14H17N3O3S/c1-21(19,20)17-8-6-16(7-9-17)14(18)10-12-2-4-13(11-15)5-3-12/h2-5H,6-10H2,1H3. The van der Waals surface area contributed by atoms with Crippen LogP contribution in [0, 0.1) is 11.3 Å². The van der Waals surface area contributed by atoms with Crippen LogP contribution in [-0.2, 0) is 21.2 Å². The van der Waals surface area contributed by atoms with Gasteiger partial charge in [-0.25, -0.2) is 8.42 Å². The number of hydrogen-bond donors (Lipinski definition) is 0. The lowest BCUT2D eigenvalue weighted by Crippen LogP contribution is -2.50. The molecule has 0 atom stereocenters. The minimum absolute atomic E-state index is 0.0205. The summed E-state index contributed by atoms with van der Waals surface area (Å²) in [5.74, 6) is -0.0205. The topological polar surface area (TPSA) is 81.5 Å². The molecule has 0 unspecified atom stereocenters. The molecule has 1 aliphatic heterocycles. The van der Waals surface area contributed by atoms with Crippen LogP contribution in [0.4, 0.5) is 0 Å². The normalized spacial score (nSPS) is 16.5. The van der Waals surface area contributed by atoms with Crippen LogP contribution in [0.1, 0.15) is 11.1 Å². The number of rotatable bonds is 3. The summed E-state index contributed by atoms with van der Waals surface area (Å²) >= 11 is 0. The van der Waals surface area contributed by atoms with Gasteiger partial charge in [-0.05, 0) is 17.7 Å². The smallest absolute Gasteiger partial charge is 0.227 e. The van der Waals surface area contributed by atoms with Crippen molar-refractivity contribution in [3.05, 3.63) is 35.4 Å². The highest BCUT2D eigenvalue weighted by atomic mass is 32.2. The number of amides is 1. The van der Waals surface area contributed by atoms with E-state index in [4.69, 9.17) is 5.26 Å². The van der Waals surface area contributed by atoms with E-state index in [2.05, 4.69) is 0 Å². The maximum Gasteiger partial charge on any atom is 0.227 e. The van der Waals surface area contributed by atoms with Crippen molar-refractivity contribution in [3.63, 3.8) is 0 Å². The van der Waals surface area contributed by atoms with Gasteiger partial charge in [0.05, 0.1) is 24.3 Å². The van der Waals surface area contributed by atoms with E-state index in [1.165, 1.54) is 10.6 Å². The van der Waals surface area contributed by atoms with Gasteiger partial charge in [0.1, 0.15) is 0 Å². The molecule has 1 heterocycles. The summed E-state index contributed by atoms with van der Waals surface area (Å²) in [6.45, 7) is 1.53. The van der Waals surface area contributed by atoms with E-state index in [9.17, 15) is 13.2 Å². The first-order valence-electron chi connectivity index (χ1n) is 6.62. The van der Waals surface area contributed by atoms with E-state index in [1.54, 1.807) is 29.2 Å². The number of carbonyl (C=O) groups is 1. The average Bonchev–Trinajstić information content (AvgIpc) is 2.47. The number of sulfonamides is 1. The van der Waals surface area contributed by atoms with Crippen molar-refractivity contribution in [1.82, 2.24) is 9.21 Å². The fraction of sp³-hybridized carbons (Fsp3) is 0.429. The quantitative estimate of drug-likeness (QED) is 0.799. The summed E-state index contributed by atoms with van der Waals surface area (Å²) in [4.78, 5) is 13.9. The van der Waals surface area contributed by atoms with Gasteiger partial charge < -0.3 is 4.90 Å². The SMILES string of the molecule is CS(=O)(=O)N1CCN(C(=O)Cc2ccc(C#N)cc2)CC1. The second kappa shape index (κ2) is 6.24. The van der Waals surface area contributed by atoms with E-state index >= 15 is 0 Å². The van der Waals surface area contributed by atoms with Crippen molar-refractivity contribution in [1.29, 1.82) is 5.26 Å². The Kier molecular flexibility index (Phi) is 4.60. The van der Waals surface area contributed by atoms with Gasteiger partial charge in [0, 0.05) is 26.2 Å². The van der Waals surface area contributed by atoms with Gasteiger partial charge in [-0.2, -0.15) is 9.57 Å². The largest absolute Gasteiger partial charge is 0.340 e. The first-order chi connectivity index (χ1) is 9.90. The van der Waals surface area contributed by atoms with Crippen molar-refractivity contribution in [2.24, 2.45) is 0 Å². The Bertz CT molecular complexity index is 654. The summed E-state index contributed by atoms with van der Waals surface area (Å²) < 4.78 is 24.2. The summed E-state index contributed by atoms with van der Waals surface area (Å²) in [6, 6.07) is 8.94. The highest BCUT2D eigenvalue weighted by molar-refractivity contribution is 7.88. The van der Waals surface area contributed by atoms with Gasteiger partial charge in [-0.15, -0.1) is 0 Å². The van der Waals surface area contributed by atoms with Gasteiger partial charge >= 0.3 is 0 Å². The van der Waals surface area contributed by atoms with Crippen LogP contribution in [-0.4, -0.2) is 56.0 Å². The predicted molar refractivity (Wildman–Crippen MR) is 77.9 cm³/mol. The number of nitriles is 1. The highest BCUT2D eigenvalue weighted by Crippen LogP contribution is 2.10. The second-order valence-electron chi connectivity index (χ2n) is 5.03. The molecule has 0 bridgehead atoms. The summed E-state index contributed by atoms with van der Waals surface area (Å²) in [6.07, 6.45) is 1.45. The molecule has 1 aromatic rings. The van der Waals surface area contributed by atoms with Crippen molar-refractivity contribution in [2.75, 3.05) is 32.4 Å². The third-order valence-electron chi connectivity index (χ3n) is 3.50. The first kappa shape index (κ1) is 15.5. The molecule has 6 nitrogen and oxygen atoms in total. The minimum atomic E-state index is -3.18. The molecule has 112 valence electrons. The van der Waals surface area contributed by atoms with E-state index < -0.39 is 10.0 Å². The molecule has 0 aliphatic carbocycles. The lowest BCUT2D eigenvalue weighted by molar-refractivity contribution is -0.131. The molecule has 1 amide bonds. The number of nitrogens with zero attached hydrogens (tertiary/aromatic N) is 3. The van der Waals surface area contributed by atoms with Crippen LogP contribution in [0.15, 0.2) is 24.3 Å². The van der Waals surface area contributed by atoms with Gasteiger partial charge in [0.15, 0.2) is 0 Å². The Morgan fingerprint density at radius 3 is 2.24 bits per heavy atom. The van der Waals surface area contributed by atoms with Crippen LogP contribution < -0.4 is 0 Å². The highest BCUT2D eigenvalue weighted by Gasteiger charge is 2.25. The molecular weight excluding hydrogens is 290 g/mol. The summed E-state index contributed by atoms with van der Waals surface area (Å²) in [5.41, 5.74) is 1.41. The molecule has 0 N–H and O–H groups in total. The monoisotopic (exact) mass is 307 g/mol. The van der Waals surface area contributed by atoms with Crippen molar-refractivity contribution >= 4 is 15.9 Å². The zero-order valence-electron chi connectivity index (χ0n) is 11.8. The van der Waals surface area contributed by atoms with E-state index in [0.717, 1.165) is 5.56 Å². The Labute approximate surface area is 124 Å². The summed E-state index contributed by atoms with van der Waals surface area (Å²) in [7, 11) is -3.18. The molecule has 0 saturated carbocycles. The number of piperazine rings is 1. The maximum absolute atomic E-state index is 12.2. The predicted octanol–water partition coefficient (Wildman–Crippen LogP) is 0.205. The van der Waals surface area contributed by atoms with Gasteiger partial charge in [-0.1, -0.05) is 12.1 Å². The molecule has 2 rings (SSSR count). The molecular formula is C14H17N3O3S. The molecule has 0 spiro atoms. The molecule has 1 fully saturated rings. The van der Waals surface area contributed by atoms with Crippen LogP contribution >= 0.6 is 0 Å². The number of hydrogen-bond acceptors (Lipinski definition) is 4. The van der Waals surface area contributed by atoms with Gasteiger partial charge in [-0.3, -0.25) is 4.79 Å². The molecule has 1 aromatic carbocycles. The molecule has 0 aromatic heterocycles. The molecule has 1 aliphatic rings. The fourth-order valence-electron chi connectivity index (χ4n) is 2.25. The number of benzene rings is 1. The van der Waals surface area contributed by atoms with E-state index in [-0.39, 0.29) is 12.3 Å². The Morgan fingerprint density at radius 2 is 1.76 bits per heavy atom. The zero-order chi connectivity index (χ0) is 15.5. The maximum atomic E-state index is 12.2. The van der Waals surface area contributed by atoms with Gasteiger partial charge in [0.25, 0.3) is 0 Å². The fourth-order valence-corrected chi connectivity index (χ4v) is 3.08. The van der Waals surface area contributed by atoms with E-state index in [1.807, 2.05) is 6.07 Å². The third-order valence-corrected chi connectivity index (χ3v) is 4.80. The second-order valence-corrected chi connectivity index (χ2v) is 7.01. The van der Waals surface area contributed by atoms with Crippen molar-refractivity contribution < 1.29 is 13.2 Å². The van der Waals surface area contributed by atoms with E-state index in [0.29, 0.717) is 31.7 Å². The summed E-state index contributed by atoms with van der Waals surface area (Å²) in [5, 5.41) is 8.73. The third kappa shape index (κ3) is 4.03. The van der Waals surface area contributed by atoms with Crippen molar-refractivity contribution in [2.45, 2.75) is 6.42 Å². The number of carbonyl (C=O) groups excluding carboxylic acids is 1. The molecule has 7 heteroatoms. The van der Waals surface area contributed by atoms with Crippen molar-refractivity contribution in [3.8, 4) is 6.07 Å². The Morgan fingerprint density at radius 1 is 1.19 bits per heavy atom. The van der Waals surface area contributed by atoms with Gasteiger partial charge in [0.2, 0.25) is 15.9 Å². The van der Waals surface area contributed by atoms with Crippen LogP contribution in [0.5, 0.6) is 0 Å². The lowest BCUT2D eigenvalue weighted by Gasteiger charge is -2.33. The average molecular weight is 307 g/mol. The lowest BCUT2D eigenvalue weighted by atomic mass is 10.1. The van der Waals surface area contributed by atoms with Crippen LogP contribution in [0.3, 0.4) is 0 Å². The molecule has 1 saturated heterocycles. The Hall–Kier alpha value is -1.91. The first-order valence-corrected chi connectivity index (χ1v) is 8.47.